The van der Waals surface area contributed by atoms with Crippen LogP contribution in [0.4, 0.5) is 17.1 Å². The first-order chi connectivity index (χ1) is 29.6. The van der Waals surface area contributed by atoms with Gasteiger partial charge in [-0.3, -0.25) is 0 Å². The molecule has 0 spiro atoms. The molecule has 12 rings (SSSR count). The summed E-state index contributed by atoms with van der Waals surface area (Å²) in [7, 11) is 0. The summed E-state index contributed by atoms with van der Waals surface area (Å²) in [6.45, 7) is 9.17. The summed E-state index contributed by atoms with van der Waals surface area (Å²) in [4.78, 5) is 0. The third-order valence-corrected chi connectivity index (χ3v) is 13.6. The fraction of sp³-hybridized carbons (Fsp3) is 0.103. The van der Waals surface area contributed by atoms with Gasteiger partial charge in [0.2, 0.25) is 0 Å². The van der Waals surface area contributed by atoms with Crippen molar-refractivity contribution in [3.8, 4) is 22.3 Å². The zero-order valence-electron chi connectivity index (χ0n) is 34.9. The molecule has 3 heteroatoms. The van der Waals surface area contributed by atoms with Gasteiger partial charge in [0.15, 0.2) is 0 Å². The third kappa shape index (κ3) is 6.65. The maximum absolute atomic E-state index is 5.89. The summed E-state index contributed by atoms with van der Waals surface area (Å²) < 4.78 is 1.16. The Balaban J connectivity index is 0.000000121. The SMILES string of the molecule is Brc1cc2ccccc2c2ccccc12.CC1(C)c2ccccc2-c2ccc(N)cc21.CC1(C)c2ccccc2-c2ccc(Nc3cc4ccccc4c4ccccc34)cc21. The minimum atomic E-state index is 0.00900. The van der Waals surface area contributed by atoms with Crippen molar-refractivity contribution in [1.82, 2.24) is 0 Å². The summed E-state index contributed by atoms with van der Waals surface area (Å²) in [5.41, 5.74) is 20.0. The Kier molecular flexibility index (Phi) is 9.53. The van der Waals surface area contributed by atoms with Crippen molar-refractivity contribution < 1.29 is 0 Å². The molecule has 0 bridgehead atoms. The van der Waals surface area contributed by atoms with Gasteiger partial charge in [-0.25, -0.2) is 0 Å². The lowest BCUT2D eigenvalue weighted by Gasteiger charge is -2.22. The first-order valence-corrected chi connectivity index (χ1v) is 21.9. The highest BCUT2D eigenvalue weighted by Crippen LogP contribution is 2.50. The number of halogens is 1. The standard InChI is InChI=1S/C29H23N.C15H15N.C14H9Br/c1-29(2)26-14-8-7-12-23(26)24-16-15-20(18-27(24)29)30-28-17-19-9-3-4-10-21(19)22-11-5-6-13-25(22)28;1-15(2)13-6-4-3-5-11(13)12-8-7-10(16)9-14(12)15;15-14-9-10-5-1-2-6-11(10)12-7-3-4-8-13(12)14/h3-18,30H,1-2H3;3-9H,16H2,1-2H3;1-9H. The second-order valence-electron chi connectivity index (χ2n) is 17.3. The van der Waals surface area contributed by atoms with E-state index in [2.05, 4.69) is 237 Å². The second-order valence-corrected chi connectivity index (χ2v) is 18.2. The fourth-order valence-electron chi connectivity index (χ4n) is 9.83. The molecule has 0 saturated carbocycles. The lowest BCUT2D eigenvalue weighted by atomic mass is 9.82. The normalized spacial score (nSPS) is 13.7. The molecule has 2 aliphatic carbocycles. The molecular weight excluding hydrogens is 805 g/mol. The highest BCUT2D eigenvalue weighted by molar-refractivity contribution is 9.10. The maximum atomic E-state index is 5.89. The van der Waals surface area contributed by atoms with E-state index in [1.165, 1.54) is 87.6 Å². The van der Waals surface area contributed by atoms with Crippen molar-refractivity contribution in [2.24, 2.45) is 0 Å². The van der Waals surface area contributed by atoms with Gasteiger partial charge < -0.3 is 11.1 Å². The van der Waals surface area contributed by atoms with E-state index in [0.717, 1.165) is 21.5 Å². The predicted octanol–water partition coefficient (Wildman–Crippen LogP) is 16.4. The Labute approximate surface area is 366 Å². The lowest BCUT2D eigenvalue weighted by molar-refractivity contribution is 0.660. The molecule has 61 heavy (non-hydrogen) atoms. The molecule has 0 fully saturated rings. The van der Waals surface area contributed by atoms with Crippen LogP contribution in [0.25, 0.3) is 65.3 Å². The Bertz CT molecular complexity index is 3320. The molecule has 10 aromatic rings. The second kappa shape index (κ2) is 15.1. The first kappa shape index (κ1) is 38.5. The van der Waals surface area contributed by atoms with E-state index >= 15 is 0 Å². The zero-order chi connectivity index (χ0) is 41.9. The Morgan fingerprint density at radius 1 is 0.377 bits per heavy atom. The number of benzene rings is 10. The molecule has 2 aliphatic rings. The molecule has 10 aromatic carbocycles. The largest absolute Gasteiger partial charge is 0.399 e. The van der Waals surface area contributed by atoms with Crippen molar-refractivity contribution >= 4 is 76.1 Å². The number of anilines is 3. The van der Waals surface area contributed by atoms with Crippen molar-refractivity contribution in [1.29, 1.82) is 0 Å². The van der Waals surface area contributed by atoms with Gasteiger partial charge >= 0.3 is 0 Å². The van der Waals surface area contributed by atoms with Gasteiger partial charge in [-0.1, -0.05) is 201 Å². The van der Waals surface area contributed by atoms with Gasteiger partial charge in [0.25, 0.3) is 0 Å². The predicted molar refractivity (Wildman–Crippen MR) is 266 cm³/mol. The molecule has 0 radical (unpaired) electrons. The van der Waals surface area contributed by atoms with Crippen molar-refractivity contribution in [2.75, 3.05) is 11.1 Å². The molecule has 0 atom stereocenters. The minimum absolute atomic E-state index is 0.00900. The van der Waals surface area contributed by atoms with Crippen LogP contribution in [0.3, 0.4) is 0 Å². The Hall–Kier alpha value is -6.68. The quantitative estimate of drug-likeness (QED) is 0.134. The van der Waals surface area contributed by atoms with Gasteiger partial charge in [0.1, 0.15) is 0 Å². The van der Waals surface area contributed by atoms with Gasteiger partial charge in [-0.2, -0.15) is 0 Å². The van der Waals surface area contributed by atoms with Crippen LogP contribution >= 0.6 is 15.9 Å². The minimum Gasteiger partial charge on any atom is -0.399 e. The number of nitrogen functional groups attached to an aromatic ring is 1. The molecule has 0 aliphatic heterocycles. The number of hydrogen-bond donors (Lipinski definition) is 2. The van der Waals surface area contributed by atoms with Crippen LogP contribution in [0.1, 0.15) is 49.9 Å². The van der Waals surface area contributed by atoms with E-state index in [1.54, 1.807) is 0 Å². The van der Waals surface area contributed by atoms with Gasteiger partial charge in [-0.05, 0) is 119 Å². The third-order valence-electron chi connectivity index (χ3n) is 13.0. The van der Waals surface area contributed by atoms with Gasteiger partial charge in [-0.15, -0.1) is 0 Å². The molecule has 2 nitrogen and oxygen atoms in total. The molecular formula is C58H47BrN2. The topological polar surface area (TPSA) is 38.0 Å². The summed E-state index contributed by atoms with van der Waals surface area (Å²) in [5.74, 6) is 0. The van der Waals surface area contributed by atoms with E-state index in [1.807, 2.05) is 6.07 Å². The highest BCUT2D eigenvalue weighted by Gasteiger charge is 2.36. The van der Waals surface area contributed by atoms with E-state index in [9.17, 15) is 0 Å². The summed E-state index contributed by atoms with van der Waals surface area (Å²) in [6.07, 6.45) is 0. The first-order valence-electron chi connectivity index (χ1n) is 21.1. The van der Waals surface area contributed by atoms with E-state index in [-0.39, 0.29) is 10.8 Å². The number of nitrogens with one attached hydrogen (secondary N) is 1. The molecule has 296 valence electrons. The molecule has 0 amide bonds. The molecule has 0 saturated heterocycles. The highest BCUT2D eigenvalue weighted by atomic mass is 79.9. The summed E-state index contributed by atoms with van der Waals surface area (Å²) in [6, 6.07) is 69.1. The van der Waals surface area contributed by atoms with Crippen LogP contribution in [0.15, 0.2) is 199 Å². The zero-order valence-corrected chi connectivity index (χ0v) is 36.5. The van der Waals surface area contributed by atoms with Gasteiger partial charge in [0, 0.05) is 37.8 Å². The van der Waals surface area contributed by atoms with Crippen LogP contribution in [-0.2, 0) is 10.8 Å². The maximum Gasteiger partial charge on any atom is 0.0470 e. The number of fused-ring (bicyclic) bond motifs is 12. The van der Waals surface area contributed by atoms with Crippen LogP contribution in [0.2, 0.25) is 0 Å². The Morgan fingerprint density at radius 3 is 1.41 bits per heavy atom. The van der Waals surface area contributed by atoms with Gasteiger partial charge in [0.05, 0.1) is 0 Å². The monoisotopic (exact) mass is 850 g/mol. The molecule has 0 heterocycles. The van der Waals surface area contributed by atoms with Crippen molar-refractivity contribution in [3.05, 3.63) is 221 Å². The van der Waals surface area contributed by atoms with Crippen LogP contribution in [-0.4, -0.2) is 0 Å². The smallest absolute Gasteiger partial charge is 0.0470 e. The molecule has 0 unspecified atom stereocenters. The Morgan fingerprint density at radius 2 is 0.803 bits per heavy atom. The average Bonchev–Trinajstić information content (AvgIpc) is 3.66. The summed E-state index contributed by atoms with van der Waals surface area (Å²) >= 11 is 3.62. The number of hydrogen-bond acceptors (Lipinski definition) is 2. The number of nitrogens with two attached hydrogens (primary N) is 1. The molecule has 0 aromatic heterocycles. The van der Waals surface area contributed by atoms with E-state index in [0.29, 0.717) is 0 Å². The lowest BCUT2D eigenvalue weighted by Crippen LogP contribution is -2.15. The molecule has 3 N–H and O–H groups in total. The van der Waals surface area contributed by atoms with Crippen molar-refractivity contribution in [3.63, 3.8) is 0 Å². The number of rotatable bonds is 2. The average molecular weight is 852 g/mol. The van der Waals surface area contributed by atoms with Crippen LogP contribution in [0, 0.1) is 0 Å². The van der Waals surface area contributed by atoms with Crippen LogP contribution in [0.5, 0.6) is 0 Å². The van der Waals surface area contributed by atoms with Crippen LogP contribution < -0.4 is 11.1 Å². The fourth-order valence-corrected chi connectivity index (χ4v) is 10.4. The van der Waals surface area contributed by atoms with E-state index in [4.69, 9.17) is 5.73 Å². The summed E-state index contributed by atoms with van der Waals surface area (Å²) in [5, 5.41) is 14.0. The van der Waals surface area contributed by atoms with E-state index < -0.39 is 0 Å². The van der Waals surface area contributed by atoms with Crippen molar-refractivity contribution in [2.45, 2.75) is 38.5 Å².